The molecule has 6 atom stereocenters. The molecule has 2 saturated heterocycles. The van der Waals surface area contributed by atoms with Crippen molar-refractivity contribution in [2.45, 2.75) is 62.9 Å². The normalized spacial score (nSPS) is 39.0. The fourth-order valence-electron chi connectivity index (χ4n) is 4.96. The predicted molar refractivity (Wildman–Crippen MR) is 82.8 cm³/mol. The first kappa shape index (κ1) is 14.4. The summed E-state index contributed by atoms with van der Waals surface area (Å²) in [6, 6.07) is 5.86. The third kappa shape index (κ3) is 2.14. The van der Waals surface area contributed by atoms with Crippen LogP contribution in [0.2, 0.25) is 0 Å². The number of hydrogen-bond acceptors (Lipinski definition) is 4. The van der Waals surface area contributed by atoms with Gasteiger partial charge in [0.05, 0.1) is 12.2 Å². The molecule has 5 heteroatoms. The summed E-state index contributed by atoms with van der Waals surface area (Å²) < 4.78 is 1.93. The number of hydrogen-bond donors (Lipinski definition) is 2. The Morgan fingerprint density at radius 3 is 2.82 bits per heavy atom. The summed E-state index contributed by atoms with van der Waals surface area (Å²) in [6.07, 6.45) is 1.72. The zero-order valence-electron chi connectivity index (χ0n) is 12.9. The number of aliphatic hydroxyl groups excluding tert-OH is 2. The molecule has 1 unspecified atom stereocenters. The highest BCUT2D eigenvalue weighted by atomic mass is 16.3. The van der Waals surface area contributed by atoms with E-state index in [1.165, 1.54) is 0 Å². The molecule has 0 aromatic carbocycles. The number of pyridine rings is 1. The zero-order chi connectivity index (χ0) is 15.4. The van der Waals surface area contributed by atoms with Crippen molar-refractivity contribution in [2.75, 3.05) is 6.54 Å². The molecule has 1 aromatic heterocycles. The van der Waals surface area contributed by atoms with Crippen LogP contribution in [0.3, 0.4) is 0 Å². The monoisotopic (exact) mass is 304 g/mol. The molecule has 2 N–H and O–H groups in total. The van der Waals surface area contributed by atoms with Crippen molar-refractivity contribution in [3.63, 3.8) is 0 Å². The Morgan fingerprint density at radius 2 is 2.05 bits per heavy atom. The number of aromatic nitrogens is 1. The molecule has 0 amide bonds. The molecule has 2 fully saturated rings. The van der Waals surface area contributed by atoms with E-state index >= 15 is 0 Å². The van der Waals surface area contributed by atoms with Gasteiger partial charge in [0.1, 0.15) is 0 Å². The highest BCUT2D eigenvalue weighted by Gasteiger charge is 2.47. The van der Waals surface area contributed by atoms with Gasteiger partial charge in [0.15, 0.2) is 0 Å². The summed E-state index contributed by atoms with van der Waals surface area (Å²) in [5, 5.41) is 20.3. The van der Waals surface area contributed by atoms with Gasteiger partial charge in [-0.3, -0.25) is 9.69 Å². The molecule has 3 aliphatic rings. The molecule has 1 aromatic rings. The lowest BCUT2D eigenvalue weighted by Gasteiger charge is -2.55. The van der Waals surface area contributed by atoms with E-state index in [-0.39, 0.29) is 23.7 Å². The average Bonchev–Trinajstić information content (AvgIpc) is 2.48. The van der Waals surface area contributed by atoms with Crippen LogP contribution in [-0.2, 0) is 6.54 Å². The third-order valence-corrected chi connectivity index (χ3v) is 5.92. The smallest absolute Gasteiger partial charge is 0.250 e. The third-order valence-electron chi connectivity index (χ3n) is 5.92. The second kappa shape index (κ2) is 5.18. The Labute approximate surface area is 130 Å². The van der Waals surface area contributed by atoms with Crippen molar-refractivity contribution >= 4 is 0 Å². The average molecular weight is 304 g/mol. The van der Waals surface area contributed by atoms with Crippen LogP contribution < -0.4 is 5.56 Å². The minimum Gasteiger partial charge on any atom is -0.393 e. The number of aliphatic hydroxyl groups is 2. The molecule has 4 rings (SSSR count). The summed E-state index contributed by atoms with van der Waals surface area (Å²) in [5.41, 5.74) is 1.22. The van der Waals surface area contributed by atoms with E-state index in [4.69, 9.17) is 0 Å². The summed E-state index contributed by atoms with van der Waals surface area (Å²) in [5.74, 6) is 0.753. The van der Waals surface area contributed by atoms with Gasteiger partial charge in [-0.1, -0.05) is 6.07 Å². The van der Waals surface area contributed by atoms with E-state index in [2.05, 4.69) is 11.0 Å². The minimum atomic E-state index is -0.436. The van der Waals surface area contributed by atoms with Gasteiger partial charge in [0.25, 0.3) is 5.56 Å². The van der Waals surface area contributed by atoms with Crippen molar-refractivity contribution in [3.05, 3.63) is 34.2 Å². The summed E-state index contributed by atoms with van der Waals surface area (Å²) >= 11 is 0. The molecule has 120 valence electrons. The van der Waals surface area contributed by atoms with Crippen LogP contribution in [0.15, 0.2) is 23.0 Å². The Bertz CT molecular complexity index is 627. The van der Waals surface area contributed by atoms with Crippen LogP contribution in [0.25, 0.3) is 0 Å². The first-order chi connectivity index (χ1) is 10.5. The standard InChI is InChI=1S/C17H24N2O3/c1-10(20)15-6-13(21)7-16-12-5-11(8-18(15)16)14-3-2-4-17(22)19(14)9-12/h2-4,10-13,15-16,20-21H,5-9H2,1H3/t10?,11-,12-,13+,15+,16-/m1/s1. The van der Waals surface area contributed by atoms with Gasteiger partial charge in [-0.05, 0) is 38.2 Å². The second-order valence-corrected chi connectivity index (χ2v) is 7.29. The van der Waals surface area contributed by atoms with Crippen LogP contribution in [-0.4, -0.2) is 50.5 Å². The van der Waals surface area contributed by atoms with Crippen molar-refractivity contribution in [2.24, 2.45) is 5.92 Å². The maximum absolute atomic E-state index is 12.2. The molecule has 0 spiro atoms. The molecular formula is C17H24N2O3. The Kier molecular flexibility index (Phi) is 3.40. The molecular weight excluding hydrogens is 280 g/mol. The lowest BCUT2D eigenvalue weighted by atomic mass is 9.73. The van der Waals surface area contributed by atoms with E-state index in [0.29, 0.717) is 18.3 Å². The van der Waals surface area contributed by atoms with Crippen molar-refractivity contribution in [1.82, 2.24) is 9.47 Å². The quantitative estimate of drug-likeness (QED) is 0.795. The van der Waals surface area contributed by atoms with E-state index in [1.54, 1.807) is 6.07 Å². The topological polar surface area (TPSA) is 65.7 Å². The van der Waals surface area contributed by atoms with E-state index in [1.807, 2.05) is 17.6 Å². The van der Waals surface area contributed by atoms with Gasteiger partial charge < -0.3 is 14.8 Å². The van der Waals surface area contributed by atoms with Crippen LogP contribution in [0.5, 0.6) is 0 Å². The summed E-state index contributed by atoms with van der Waals surface area (Å²) in [7, 11) is 0. The van der Waals surface area contributed by atoms with E-state index < -0.39 is 6.10 Å². The maximum atomic E-state index is 12.2. The Balaban J connectivity index is 1.72. The largest absolute Gasteiger partial charge is 0.393 e. The molecule has 22 heavy (non-hydrogen) atoms. The van der Waals surface area contributed by atoms with Crippen LogP contribution in [0.4, 0.5) is 0 Å². The van der Waals surface area contributed by atoms with Crippen molar-refractivity contribution in [3.8, 4) is 0 Å². The van der Waals surface area contributed by atoms with Gasteiger partial charge in [-0.15, -0.1) is 0 Å². The first-order valence-electron chi connectivity index (χ1n) is 8.36. The SMILES string of the molecule is CC(O)[C@@H]1C[C@H](O)C[C@@H]2[C@@H]3C[C@H](CN21)c1cccc(=O)n1C3. The van der Waals surface area contributed by atoms with Gasteiger partial charge in [-0.25, -0.2) is 0 Å². The summed E-state index contributed by atoms with van der Waals surface area (Å²) in [6.45, 7) is 3.45. The Hall–Kier alpha value is -1.17. The van der Waals surface area contributed by atoms with Gasteiger partial charge in [0, 0.05) is 42.9 Å². The highest BCUT2D eigenvalue weighted by molar-refractivity contribution is 5.19. The number of rotatable bonds is 1. The van der Waals surface area contributed by atoms with E-state index in [9.17, 15) is 15.0 Å². The molecule has 5 nitrogen and oxygen atoms in total. The fourth-order valence-corrected chi connectivity index (χ4v) is 4.96. The number of fused-ring (bicyclic) bond motifs is 6. The maximum Gasteiger partial charge on any atom is 0.250 e. The second-order valence-electron chi connectivity index (χ2n) is 7.29. The van der Waals surface area contributed by atoms with Gasteiger partial charge >= 0.3 is 0 Å². The molecule has 4 heterocycles. The van der Waals surface area contributed by atoms with Crippen LogP contribution >= 0.6 is 0 Å². The number of nitrogens with zero attached hydrogens (tertiary/aromatic N) is 2. The van der Waals surface area contributed by atoms with Crippen molar-refractivity contribution in [1.29, 1.82) is 0 Å². The first-order valence-corrected chi connectivity index (χ1v) is 8.36. The van der Waals surface area contributed by atoms with E-state index in [0.717, 1.165) is 31.6 Å². The van der Waals surface area contributed by atoms with Gasteiger partial charge in [-0.2, -0.15) is 0 Å². The fraction of sp³-hybridized carbons (Fsp3) is 0.706. The zero-order valence-corrected chi connectivity index (χ0v) is 12.9. The minimum absolute atomic E-state index is 0.0287. The molecule has 3 aliphatic heterocycles. The molecule has 0 radical (unpaired) electrons. The van der Waals surface area contributed by atoms with Crippen molar-refractivity contribution < 1.29 is 10.2 Å². The lowest BCUT2D eigenvalue weighted by molar-refractivity contribution is -0.0898. The molecule has 0 aliphatic carbocycles. The summed E-state index contributed by atoms with van der Waals surface area (Å²) in [4.78, 5) is 14.6. The number of piperidine rings is 2. The highest BCUT2D eigenvalue weighted by Crippen LogP contribution is 2.43. The lowest BCUT2D eigenvalue weighted by Crippen LogP contribution is -2.62. The Morgan fingerprint density at radius 1 is 1.23 bits per heavy atom. The van der Waals surface area contributed by atoms with Gasteiger partial charge in [0.2, 0.25) is 0 Å². The predicted octanol–water partition coefficient (Wildman–Crippen LogP) is 0.540. The molecule has 0 saturated carbocycles. The van der Waals surface area contributed by atoms with Crippen LogP contribution in [0.1, 0.15) is 37.8 Å². The molecule has 2 bridgehead atoms. The van der Waals surface area contributed by atoms with Crippen LogP contribution in [0, 0.1) is 5.92 Å².